The maximum atomic E-state index is 12.0. The Bertz CT molecular complexity index is 747. The number of nitrogens with one attached hydrogen (secondary N) is 2. The standard InChI is InChI=1S/C15H13N3O2/c19-11-6-4-10(5-7-11)8-15(20)17-13-2-1-3-14-12(13)9-16-18-14/h1-7,9,19H,8H2,(H,16,18)(H,17,20). The van der Waals surface area contributed by atoms with E-state index in [2.05, 4.69) is 15.5 Å². The number of carbonyl (C=O) groups excluding carboxylic acids is 1. The molecule has 0 fully saturated rings. The van der Waals surface area contributed by atoms with Crippen molar-refractivity contribution in [3.63, 3.8) is 0 Å². The van der Waals surface area contributed by atoms with Gasteiger partial charge in [0.1, 0.15) is 5.75 Å². The van der Waals surface area contributed by atoms with Gasteiger partial charge in [-0.25, -0.2) is 0 Å². The van der Waals surface area contributed by atoms with E-state index in [1.807, 2.05) is 18.2 Å². The second-order valence-electron chi connectivity index (χ2n) is 4.53. The van der Waals surface area contributed by atoms with Gasteiger partial charge in [0.15, 0.2) is 0 Å². The number of aromatic amines is 1. The maximum absolute atomic E-state index is 12.0. The fourth-order valence-corrected chi connectivity index (χ4v) is 2.07. The zero-order valence-corrected chi connectivity index (χ0v) is 10.6. The van der Waals surface area contributed by atoms with Crippen molar-refractivity contribution in [1.29, 1.82) is 0 Å². The van der Waals surface area contributed by atoms with E-state index >= 15 is 0 Å². The Balaban J connectivity index is 1.76. The molecule has 0 atom stereocenters. The minimum absolute atomic E-state index is 0.107. The number of benzene rings is 2. The van der Waals surface area contributed by atoms with Gasteiger partial charge in [0.2, 0.25) is 5.91 Å². The van der Waals surface area contributed by atoms with Crippen molar-refractivity contribution in [1.82, 2.24) is 10.2 Å². The molecular formula is C15H13N3O2. The number of phenolic OH excluding ortho intramolecular Hbond substituents is 1. The summed E-state index contributed by atoms with van der Waals surface area (Å²) in [6.07, 6.45) is 1.94. The number of rotatable bonds is 3. The van der Waals surface area contributed by atoms with Crippen LogP contribution in [0, 0.1) is 0 Å². The van der Waals surface area contributed by atoms with E-state index < -0.39 is 0 Å². The topological polar surface area (TPSA) is 78.0 Å². The first kappa shape index (κ1) is 12.2. The first-order chi connectivity index (χ1) is 9.72. The van der Waals surface area contributed by atoms with Crippen molar-refractivity contribution in [3.8, 4) is 5.75 Å². The largest absolute Gasteiger partial charge is 0.508 e. The molecule has 20 heavy (non-hydrogen) atoms. The van der Waals surface area contributed by atoms with Crippen LogP contribution >= 0.6 is 0 Å². The van der Waals surface area contributed by atoms with E-state index in [1.54, 1.807) is 30.5 Å². The number of anilines is 1. The number of phenols is 1. The van der Waals surface area contributed by atoms with Crippen LogP contribution in [0.2, 0.25) is 0 Å². The highest BCUT2D eigenvalue weighted by Crippen LogP contribution is 2.21. The highest BCUT2D eigenvalue weighted by Gasteiger charge is 2.07. The number of aromatic nitrogens is 2. The van der Waals surface area contributed by atoms with Crippen LogP contribution in [0.1, 0.15) is 5.56 Å². The van der Waals surface area contributed by atoms with Crippen LogP contribution < -0.4 is 5.32 Å². The minimum Gasteiger partial charge on any atom is -0.508 e. The molecule has 5 heteroatoms. The van der Waals surface area contributed by atoms with Gasteiger partial charge >= 0.3 is 0 Å². The Morgan fingerprint density at radius 2 is 2.00 bits per heavy atom. The number of nitrogens with zero attached hydrogens (tertiary/aromatic N) is 1. The van der Waals surface area contributed by atoms with Gasteiger partial charge in [0.05, 0.1) is 23.8 Å². The lowest BCUT2D eigenvalue weighted by Crippen LogP contribution is -2.14. The Hall–Kier alpha value is -2.82. The summed E-state index contributed by atoms with van der Waals surface area (Å²) in [5, 5.41) is 19.8. The van der Waals surface area contributed by atoms with Crippen LogP contribution in [0.4, 0.5) is 5.69 Å². The lowest BCUT2D eigenvalue weighted by atomic mass is 10.1. The van der Waals surface area contributed by atoms with Gasteiger partial charge in [-0.15, -0.1) is 0 Å². The summed E-state index contributed by atoms with van der Waals surface area (Å²) < 4.78 is 0. The predicted octanol–water partition coefficient (Wildman–Crippen LogP) is 2.45. The normalized spacial score (nSPS) is 10.6. The molecule has 3 rings (SSSR count). The molecule has 3 aromatic rings. The first-order valence-corrected chi connectivity index (χ1v) is 6.22. The van der Waals surface area contributed by atoms with Crippen LogP contribution in [0.15, 0.2) is 48.7 Å². The quantitative estimate of drug-likeness (QED) is 0.682. The highest BCUT2D eigenvalue weighted by atomic mass is 16.3. The fourth-order valence-electron chi connectivity index (χ4n) is 2.07. The average molecular weight is 267 g/mol. The average Bonchev–Trinajstić information content (AvgIpc) is 2.91. The Kier molecular flexibility index (Phi) is 3.09. The molecule has 5 nitrogen and oxygen atoms in total. The van der Waals surface area contributed by atoms with Crippen LogP contribution in [-0.4, -0.2) is 21.2 Å². The van der Waals surface area contributed by atoms with Crippen molar-refractivity contribution in [2.45, 2.75) is 6.42 Å². The van der Waals surface area contributed by atoms with Gasteiger partial charge in [-0.05, 0) is 29.8 Å². The number of fused-ring (bicyclic) bond motifs is 1. The summed E-state index contributed by atoms with van der Waals surface area (Å²) >= 11 is 0. The van der Waals surface area contributed by atoms with Crippen LogP contribution in [0.25, 0.3) is 10.9 Å². The lowest BCUT2D eigenvalue weighted by Gasteiger charge is -2.06. The molecule has 0 aliphatic heterocycles. The van der Waals surface area contributed by atoms with Gasteiger partial charge in [0.25, 0.3) is 0 Å². The molecule has 0 saturated heterocycles. The minimum atomic E-state index is -0.107. The number of amides is 1. The Morgan fingerprint density at radius 1 is 1.20 bits per heavy atom. The van der Waals surface area contributed by atoms with Crippen LogP contribution in [0.3, 0.4) is 0 Å². The van der Waals surface area contributed by atoms with Crippen molar-refractivity contribution in [3.05, 3.63) is 54.2 Å². The molecule has 0 spiro atoms. The molecule has 1 aromatic heterocycles. The van der Waals surface area contributed by atoms with E-state index in [4.69, 9.17) is 0 Å². The molecule has 0 saturated carbocycles. The number of hydrogen-bond donors (Lipinski definition) is 3. The summed E-state index contributed by atoms with van der Waals surface area (Å²) in [5.41, 5.74) is 2.46. The molecular weight excluding hydrogens is 254 g/mol. The molecule has 2 aromatic carbocycles. The second kappa shape index (κ2) is 5.05. The van der Waals surface area contributed by atoms with Gasteiger partial charge in [0, 0.05) is 5.39 Å². The molecule has 3 N–H and O–H groups in total. The molecule has 1 amide bonds. The molecule has 1 heterocycles. The van der Waals surface area contributed by atoms with Crippen molar-refractivity contribution >= 4 is 22.5 Å². The number of H-pyrrole nitrogens is 1. The van der Waals surface area contributed by atoms with Crippen molar-refractivity contribution in [2.24, 2.45) is 0 Å². The van der Waals surface area contributed by atoms with E-state index in [0.29, 0.717) is 0 Å². The monoisotopic (exact) mass is 267 g/mol. The molecule has 0 bridgehead atoms. The zero-order chi connectivity index (χ0) is 13.9. The molecule has 0 radical (unpaired) electrons. The predicted molar refractivity (Wildman–Crippen MR) is 76.5 cm³/mol. The third kappa shape index (κ3) is 2.47. The summed E-state index contributed by atoms with van der Waals surface area (Å²) in [5.74, 6) is 0.0849. The van der Waals surface area contributed by atoms with Crippen LogP contribution in [0.5, 0.6) is 5.75 Å². The summed E-state index contributed by atoms with van der Waals surface area (Å²) in [6.45, 7) is 0. The maximum Gasteiger partial charge on any atom is 0.228 e. The number of hydrogen-bond acceptors (Lipinski definition) is 3. The lowest BCUT2D eigenvalue weighted by molar-refractivity contribution is -0.115. The van der Waals surface area contributed by atoms with Crippen molar-refractivity contribution < 1.29 is 9.90 Å². The Morgan fingerprint density at radius 3 is 2.80 bits per heavy atom. The summed E-state index contributed by atoms with van der Waals surface area (Å²) in [6, 6.07) is 12.2. The summed E-state index contributed by atoms with van der Waals surface area (Å²) in [7, 11) is 0. The van der Waals surface area contributed by atoms with Gasteiger partial charge in [-0.1, -0.05) is 18.2 Å². The van der Waals surface area contributed by atoms with E-state index in [1.165, 1.54) is 0 Å². The van der Waals surface area contributed by atoms with Crippen molar-refractivity contribution in [2.75, 3.05) is 5.32 Å². The van der Waals surface area contributed by atoms with Gasteiger partial charge < -0.3 is 10.4 Å². The Labute approximate surface area is 115 Å². The molecule has 0 unspecified atom stereocenters. The zero-order valence-electron chi connectivity index (χ0n) is 10.6. The van der Waals surface area contributed by atoms with Gasteiger partial charge in [-0.2, -0.15) is 5.10 Å². The van der Waals surface area contributed by atoms with Crippen LogP contribution in [-0.2, 0) is 11.2 Å². The highest BCUT2D eigenvalue weighted by molar-refractivity contribution is 6.01. The second-order valence-corrected chi connectivity index (χ2v) is 4.53. The molecule has 0 aliphatic carbocycles. The van der Waals surface area contributed by atoms with E-state index in [9.17, 15) is 9.90 Å². The van der Waals surface area contributed by atoms with E-state index in [0.717, 1.165) is 22.2 Å². The third-order valence-corrected chi connectivity index (χ3v) is 3.06. The van der Waals surface area contributed by atoms with Gasteiger partial charge in [-0.3, -0.25) is 9.89 Å². The number of aromatic hydroxyl groups is 1. The number of carbonyl (C=O) groups is 1. The first-order valence-electron chi connectivity index (χ1n) is 6.22. The molecule has 0 aliphatic rings. The molecule has 100 valence electrons. The van der Waals surface area contributed by atoms with E-state index in [-0.39, 0.29) is 18.1 Å². The third-order valence-electron chi connectivity index (χ3n) is 3.06. The fraction of sp³-hybridized carbons (Fsp3) is 0.0667. The SMILES string of the molecule is O=C(Cc1ccc(O)cc1)Nc1cccc2[nH]ncc12. The summed E-state index contributed by atoms with van der Waals surface area (Å²) in [4.78, 5) is 12.0. The smallest absolute Gasteiger partial charge is 0.228 e.